The largest absolute Gasteiger partial charge is 0.346 e. The van der Waals surface area contributed by atoms with E-state index < -0.39 is 0 Å². The van der Waals surface area contributed by atoms with Crippen LogP contribution < -0.4 is 5.73 Å². The summed E-state index contributed by atoms with van der Waals surface area (Å²) in [6.45, 7) is 9.04. The van der Waals surface area contributed by atoms with Crippen LogP contribution in [-0.2, 0) is 6.42 Å². The Morgan fingerprint density at radius 3 is 2.28 bits per heavy atom. The normalized spacial score (nSPS) is 10.9. The highest BCUT2D eigenvalue weighted by Crippen LogP contribution is 2.29. The molecule has 0 saturated carbocycles. The maximum Gasteiger partial charge on any atom is 0.103 e. The van der Waals surface area contributed by atoms with Gasteiger partial charge in [0.15, 0.2) is 0 Å². The van der Waals surface area contributed by atoms with Crippen LogP contribution in [0.25, 0.3) is 11.3 Å². The fraction of sp³-hybridized carbons (Fsp3) is 0.400. The first-order chi connectivity index (χ1) is 8.52. The summed E-state index contributed by atoms with van der Waals surface area (Å²) in [5.41, 5.74) is 13.0. The Morgan fingerprint density at radius 2 is 1.72 bits per heavy atom. The molecular formula is C15H21N3. The van der Waals surface area contributed by atoms with Gasteiger partial charge in [-0.05, 0) is 45.4 Å². The third kappa shape index (κ3) is 2.31. The van der Waals surface area contributed by atoms with Gasteiger partial charge in [-0.1, -0.05) is 17.7 Å². The number of aryl methyl sites for hydroxylation is 4. The number of aromatic nitrogens is 2. The van der Waals surface area contributed by atoms with E-state index in [1.165, 1.54) is 22.3 Å². The molecule has 1 aromatic carbocycles. The van der Waals surface area contributed by atoms with Crippen LogP contribution in [0, 0.1) is 27.7 Å². The molecule has 3 nitrogen and oxygen atoms in total. The van der Waals surface area contributed by atoms with Crippen LogP contribution in [-0.4, -0.2) is 16.5 Å². The molecule has 0 amide bonds. The van der Waals surface area contributed by atoms with E-state index in [9.17, 15) is 0 Å². The number of nitrogens with one attached hydrogen (secondary N) is 1. The van der Waals surface area contributed by atoms with Crippen molar-refractivity contribution in [3.63, 3.8) is 0 Å². The molecule has 0 unspecified atom stereocenters. The summed E-state index contributed by atoms with van der Waals surface area (Å²) >= 11 is 0. The highest BCUT2D eigenvalue weighted by atomic mass is 14.9. The van der Waals surface area contributed by atoms with E-state index in [2.05, 4.69) is 42.9 Å². The summed E-state index contributed by atoms with van der Waals surface area (Å²) in [4.78, 5) is 7.96. The molecular weight excluding hydrogens is 222 g/mol. The summed E-state index contributed by atoms with van der Waals surface area (Å²) in [6, 6.07) is 4.41. The van der Waals surface area contributed by atoms with Gasteiger partial charge in [-0.2, -0.15) is 0 Å². The zero-order valence-electron chi connectivity index (χ0n) is 11.6. The first-order valence-corrected chi connectivity index (χ1v) is 6.36. The number of hydrogen-bond donors (Lipinski definition) is 2. The van der Waals surface area contributed by atoms with Gasteiger partial charge in [0.25, 0.3) is 0 Å². The number of nitrogens with two attached hydrogens (primary N) is 1. The van der Waals surface area contributed by atoms with Crippen LogP contribution in [0.4, 0.5) is 0 Å². The van der Waals surface area contributed by atoms with Crippen molar-refractivity contribution in [2.45, 2.75) is 34.1 Å². The van der Waals surface area contributed by atoms with Gasteiger partial charge in [-0.15, -0.1) is 0 Å². The molecule has 0 aliphatic rings. The summed E-state index contributed by atoms with van der Waals surface area (Å²) in [6.07, 6.45) is 0.836. The van der Waals surface area contributed by atoms with Crippen molar-refractivity contribution in [2.75, 3.05) is 6.54 Å². The average molecular weight is 243 g/mol. The van der Waals surface area contributed by atoms with Crippen molar-refractivity contribution < 1.29 is 0 Å². The first-order valence-electron chi connectivity index (χ1n) is 6.36. The Kier molecular flexibility index (Phi) is 3.53. The molecule has 1 aromatic heterocycles. The molecule has 0 aliphatic heterocycles. The SMILES string of the molecule is Cc1cc(C)c(-c2nc(C)[nH]c2CCN)c(C)c1. The smallest absolute Gasteiger partial charge is 0.103 e. The summed E-state index contributed by atoms with van der Waals surface area (Å²) < 4.78 is 0. The second-order valence-corrected chi connectivity index (χ2v) is 4.96. The molecule has 18 heavy (non-hydrogen) atoms. The number of aromatic amines is 1. The van der Waals surface area contributed by atoms with E-state index in [1.54, 1.807) is 0 Å². The van der Waals surface area contributed by atoms with Crippen molar-refractivity contribution in [1.29, 1.82) is 0 Å². The Hall–Kier alpha value is -1.61. The van der Waals surface area contributed by atoms with E-state index in [0.29, 0.717) is 6.54 Å². The van der Waals surface area contributed by atoms with Gasteiger partial charge in [0.1, 0.15) is 5.82 Å². The van der Waals surface area contributed by atoms with Crippen LogP contribution in [0.5, 0.6) is 0 Å². The third-order valence-corrected chi connectivity index (χ3v) is 3.21. The standard InChI is InChI=1S/C15H21N3/c1-9-7-10(2)14(11(3)8-9)15-13(5-6-16)17-12(4)18-15/h7-8H,5-6,16H2,1-4H3,(H,17,18). The Balaban J connectivity index is 2.61. The number of imidazole rings is 1. The van der Waals surface area contributed by atoms with Gasteiger partial charge in [0.2, 0.25) is 0 Å². The van der Waals surface area contributed by atoms with Crippen molar-refractivity contribution in [1.82, 2.24) is 9.97 Å². The van der Waals surface area contributed by atoms with Gasteiger partial charge >= 0.3 is 0 Å². The molecule has 0 fully saturated rings. The lowest BCUT2D eigenvalue weighted by Gasteiger charge is -2.11. The lowest BCUT2D eigenvalue weighted by Crippen LogP contribution is -2.04. The molecule has 0 saturated heterocycles. The molecule has 0 atom stereocenters. The zero-order chi connectivity index (χ0) is 13.3. The molecule has 0 aliphatic carbocycles. The topological polar surface area (TPSA) is 54.7 Å². The molecule has 0 spiro atoms. The minimum absolute atomic E-state index is 0.637. The summed E-state index contributed by atoms with van der Waals surface area (Å²) in [5.74, 6) is 0.952. The third-order valence-electron chi connectivity index (χ3n) is 3.21. The number of hydrogen-bond acceptors (Lipinski definition) is 2. The minimum atomic E-state index is 0.637. The maximum atomic E-state index is 5.67. The predicted molar refractivity (Wildman–Crippen MR) is 75.7 cm³/mol. The van der Waals surface area contributed by atoms with Gasteiger partial charge in [-0.3, -0.25) is 0 Å². The zero-order valence-corrected chi connectivity index (χ0v) is 11.6. The predicted octanol–water partition coefficient (Wildman–Crippen LogP) is 2.81. The highest BCUT2D eigenvalue weighted by molar-refractivity contribution is 5.70. The van der Waals surface area contributed by atoms with E-state index in [0.717, 1.165) is 23.6 Å². The second kappa shape index (κ2) is 4.94. The first kappa shape index (κ1) is 12.8. The number of benzene rings is 1. The van der Waals surface area contributed by atoms with Crippen molar-refractivity contribution in [3.05, 3.63) is 40.3 Å². The van der Waals surface area contributed by atoms with E-state index in [-0.39, 0.29) is 0 Å². The van der Waals surface area contributed by atoms with Crippen molar-refractivity contribution >= 4 is 0 Å². The van der Waals surface area contributed by atoms with E-state index >= 15 is 0 Å². The Labute approximate surface area is 108 Å². The quantitative estimate of drug-likeness (QED) is 0.871. The number of nitrogens with zero attached hydrogens (tertiary/aromatic N) is 1. The van der Waals surface area contributed by atoms with Crippen LogP contribution >= 0.6 is 0 Å². The van der Waals surface area contributed by atoms with Crippen molar-refractivity contribution in [2.24, 2.45) is 5.73 Å². The number of H-pyrrole nitrogens is 1. The van der Waals surface area contributed by atoms with Crippen LogP contribution in [0.15, 0.2) is 12.1 Å². The lowest BCUT2D eigenvalue weighted by atomic mass is 9.96. The Morgan fingerprint density at radius 1 is 1.11 bits per heavy atom. The fourth-order valence-electron chi connectivity index (χ4n) is 2.63. The molecule has 1 heterocycles. The van der Waals surface area contributed by atoms with E-state index in [1.807, 2.05) is 6.92 Å². The van der Waals surface area contributed by atoms with Crippen LogP contribution in [0.1, 0.15) is 28.2 Å². The van der Waals surface area contributed by atoms with Gasteiger partial charge in [-0.25, -0.2) is 4.98 Å². The number of rotatable bonds is 3. The molecule has 2 aromatic rings. The van der Waals surface area contributed by atoms with E-state index in [4.69, 9.17) is 5.73 Å². The van der Waals surface area contributed by atoms with Gasteiger partial charge in [0.05, 0.1) is 5.69 Å². The molecule has 0 radical (unpaired) electrons. The van der Waals surface area contributed by atoms with Crippen LogP contribution in [0.3, 0.4) is 0 Å². The second-order valence-electron chi connectivity index (χ2n) is 4.96. The Bertz CT molecular complexity index is 544. The lowest BCUT2D eigenvalue weighted by molar-refractivity contribution is 0.930. The average Bonchev–Trinajstić information content (AvgIpc) is 2.58. The van der Waals surface area contributed by atoms with Crippen molar-refractivity contribution in [3.8, 4) is 11.3 Å². The minimum Gasteiger partial charge on any atom is -0.346 e. The van der Waals surface area contributed by atoms with Crippen LogP contribution in [0.2, 0.25) is 0 Å². The molecule has 96 valence electrons. The molecule has 2 rings (SSSR count). The van der Waals surface area contributed by atoms with Gasteiger partial charge in [0, 0.05) is 17.7 Å². The molecule has 3 heteroatoms. The summed E-state index contributed by atoms with van der Waals surface area (Å²) in [5, 5.41) is 0. The molecule has 3 N–H and O–H groups in total. The maximum absolute atomic E-state index is 5.67. The molecule has 0 bridgehead atoms. The highest BCUT2D eigenvalue weighted by Gasteiger charge is 2.14. The monoisotopic (exact) mass is 243 g/mol. The summed E-state index contributed by atoms with van der Waals surface area (Å²) in [7, 11) is 0. The van der Waals surface area contributed by atoms with Gasteiger partial charge < -0.3 is 10.7 Å². The fourth-order valence-corrected chi connectivity index (χ4v) is 2.63.